The Morgan fingerprint density at radius 1 is 1.20 bits per heavy atom. The van der Waals surface area contributed by atoms with Crippen LogP contribution in [-0.2, 0) is 10.4 Å². The van der Waals surface area contributed by atoms with Crippen molar-refractivity contribution in [2.75, 3.05) is 24.5 Å². The van der Waals surface area contributed by atoms with E-state index >= 15 is 0 Å². The minimum Gasteiger partial charge on any atom is -0.384 e. The predicted octanol–water partition coefficient (Wildman–Crippen LogP) is 1.72. The summed E-state index contributed by atoms with van der Waals surface area (Å²) in [5.41, 5.74) is -0.276. The molecule has 2 aromatic rings. The molecule has 1 unspecified atom stereocenters. The minimum atomic E-state index is -1.07. The van der Waals surface area contributed by atoms with Crippen molar-refractivity contribution >= 4 is 11.9 Å². The Hall–Kier alpha value is -2.47. The van der Waals surface area contributed by atoms with E-state index in [0.29, 0.717) is 5.95 Å². The number of nitrogens with one attached hydrogen (secondary N) is 1. The third kappa shape index (κ3) is 4.33. The Bertz CT molecular complexity index is 683. The SMILES string of the molecule is CC(O)(CNC(=O)C1CCN(c2ncccn2)CC1)c1ccccc1. The zero-order chi connectivity index (χ0) is 17.7. The van der Waals surface area contributed by atoms with Crippen LogP contribution in [-0.4, -0.2) is 40.6 Å². The molecule has 1 aliphatic rings. The lowest BCUT2D eigenvalue weighted by molar-refractivity contribution is -0.126. The molecule has 132 valence electrons. The van der Waals surface area contributed by atoms with Crippen LogP contribution in [0.15, 0.2) is 48.8 Å². The molecule has 1 aliphatic heterocycles. The molecule has 0 aliphatic carbocycles. The fourth-order valence-corrected chi connectivity index (χ4v) is 3.10. The summed E-state index contributed by atoms with van der Waals surface area (Å²) in [4.78, 5) is 23.1. The molecule has 1 aromatic carbocycles. The van der Waals surface area contributed by atoms with E-state index in [1.165, 1.54) is 0 Å². The summed E-state index contributed by atoms with van der Waals surface area (Å²) in [5, 5.41) is 13.5. The number of benzene rings is 1. The number of nitrogens with zero attached hydrogens (tertiary/aromatic N) is 3. The standard InChI is InChI=1S/C19H24N4O2/c1-19(25,16-6-3-2-4-7-16)14-22-17(24)15-8-12-23(13-9-15)18-20-10-5-11-21-18/h2-7,10-11,15,25H,8-9,12-14H2,1H3,(H,22,24). The second kappa shape index (κ2) is 7.61. The molecule has 1 saturated heterocycles. The van der Waals surface area contributed by atoms with Gasteiger partial charge in [-0.15, -0.1) is 0 Å². The fourth-order valence-electron chi connectivity index (χ4n) is 3.10. The number of anilines is 1. The number of amides is 1. The molecule has 6 nitrogen and oxygen atoms in total. The first-order valence-electron chi connectivity index (χ1n) is 8.64. The van der Waals surface area contributed by atoms with E-state index in [9.17, 15) is 9.90 Å². The molecule has 2 N–H and O–H groups in total. The molecule has 0 spiro atoms. The van der Waals surface area contributed by atoms with Gasteiger partial charge in [-0.1, -0.05) is 30.3 Å². The number of hydrogen-bond donors (Lipinski definition) is 2. The van der Waals surface area contributed by atoms with Crippen molar-refractivity contribution < 1.29 is 9.90 Å². The van der Waals surface area contributed by atoms with Gasteiger partial charge in [0.2, 0.25) is 11.9 Å². The van der Waals surface area contributed by atoms with Gasteiger partial charge in [0, 0.05) is 31.4 Å². The van der Waals surface area contributed by atoms with Crippen molar-refractivity contribution in [3.05, 3.63) is 54.4 Å². The van der Waals surface area contributed by atoms with Crippen molar-refractivity contribution in [1.29, 1.82) is 0 Å². The lowest BCUT2D eigenvalue weighted by atomic mass is 9.93. The van der Waals surface area contributed by atoms with Gasteiger partial charge in [0.1, 0.15) is 5.60 Å². The van der Waals surface area contributed by atoms with Crippen molar-refractivity contribution in [2.45, 2.75) is 25.4 Å². The maximum atomic E-state index is 12.4. The number of carbonyl (C=O) groups excluding carboxylic acids is 1. The summed E-state index contributed by atoms with van der Waals surface area (Å²) in [6.45, 7) is 3.45. The zero-order valence-electron chi connectivity index (χ0n) is 14.4. The van der Waals surface area contributed by atoms with Gasteiger partial charge < -0.3 is 15.3 Å². The van der Waals surface area contributed by atoms with Gasteiger partial charge >= 0.3 is 0 Å². The van der Waals surface area contributed by atoms with E-state index in [-0.39, 0.29) is 18.4 Å². The predicted molar refractivity (Wildman–Crippen MR) is 96.0 cm³/mol. The summed E-state index contributed by atoms with van der Waals surface area (Å²) in [6.07, 6.45) is 4.98. The first-order chi connectivity index (χ1) is 12.1. The average molecular weight is 340 g/mol. The smallest absolute Gasteiger partial charge is 0.225 e. The normalized spacial score (nSPS) is 17.8. The third-order valence-corrected chi connectivity index (χ3v) is 4.70. The fraction of sp³-hybridized carbons (Fsp3) is 0.421. The molecule has 6 heteroatoms. The van der Waals surface area contributed by atoms with Crippen LogP contribution in [0.3, 0.4) is 0 Å². The Morgan fingerprint density at radius 3 is 2.48 bits per heavy atom. The highest BCUT2D eigenvalue weighted by atomic mass is 16.3. The molecule has 1 amide bonds. The van der Waals surface area contributed by atoms with Gasteiger partial charge in [-0.3, -0.25) is 4.79 Å². The number of carbonyl (C=O) groups is 1. The first-order valence-corrected chi connectivity index (χ1v) is 8.64. The number of hydrogen-bond acceptors (Lipinski definition) is 5. The van der Waals surface area contributed by atoms with Crippen LogP contribution in [0.1, 0.15) is 25.3 Å². The van der Waals surface area contributed by atoms with Gasteiger partial charge in [0.15, 0.2) is 0 Å². The highest BCUT2D eigenvalue weighted by Gasteiger charge is 2.29. The number of piperidine rings is 1. The minimum absolute atomic E-state index is 0.00448. The van der Waals surface area contributed by atoms with Crippen molar-refractivity contribution in [1.82, 2.24) is 15.3 Å². The second-order valence-corrected chi connectivity index (χ2v) is 6.67. The van der Waals surface area contributed by atoms with Gasteiger partial charge in [-0.05, 0) is 31.4 Å². The Labute approximate surface area is 147 Å². The van der Waals surface area contributed by atoms with Crippen LogP contribution in [0, 0.1) is 5.92 Å². The van der Waals surface area contributed by atoms with Crippen LogP contribution in [0.5, 0.6) is 0 Å². The number of rotatable bonds is 5. The molecule has 2 heterocycles. The van der Waals surface area contributed by atoms with Crippen molar-refractivity contribution in [3.8, 4) is 0 Å². The highest BCUT2D eigenvalue weighted by molar-refractivity contribution is 5.79. The first kappa shape index (κ1) is 17.4. The summed E-state index contributed by atoms with van der Waals surface area (Å²) >= 11 is 0. The van der Waals surface area contributed by atoms with Crippen LogP contribution < -0.4 is 10.2 Å². The Morgan fingerprint density at radius 2 is 1.84 bits per heavy atom. The molecule has 1 atom stereocenters. The van der Waals surface area contributed by atoms with Crippen molar-refractivity contribution in [3.63, 3.8) is 0 Å². The van der Waals surface area contributed by atoms with Gasteiger partial charge in [0.25, 0.3) is 0 Å². The average Bonchev–Trinajstić information content (AvgIpc) is 2.68. The van der Waals surface area contributed by atoms with Crippen LogP contribution in [0.25, 0.3) is 0 Å². The van der Waals surface area contributed by atoms with E-state index in [1.54, 1.807) is 25.4 Å². The highest BCUT2D eigenvalue weighted by Crippen LogP contribution is 2.22. The van der Waals surface area contributed by atoms with E-state index in [4.69, 9.17) is 0 Å². The molecule has 25 heavy (non-hydrogen) atoms. The zero-order valence-corrected chi connectivity index (χ0v) is 14.4. The molecule has 1 fully saturated rings. The molecule has 0 bridgehead atoms. The van der Waals surface area contributed by atoms with Crippen LogP contribution in [0.4, 0.5) is 5.95 Å². The van der Waals surface area contributed by atoms with E-state index in [2.05, 4.69) is 20.2 Å². The Kier molecular flexibility index (Phi) is 5.28. The van der Waals surface area contributed by atoms with Gasteiger partial charge in [-0.25, -0.2) is 9.97 Å². The van der Waals surface area contributed by atoms with E-state index in [1.807, 2.05) is 30.3 Å². The quantitative estimate of drug-likeness (QED) is 0.866. The monoisotopic (exact) mass is 340 g/mol. The van der Waals surface area contributed by atoms with Crippen LogP contribution >= 0.6 is 0 Å². The summed E-state index contributed by atoms with van der Waals surface area (Å²) in [7, 11) is 0. The third-order valence-electron chi connectivity index (χ3n) is 4.70. The maximum absolute atomic E-state index is 12.4. The molecule has 1 aromatic heterocycles. The van der Waals surface area contributed by atoms with Gasteiger partial charge in [-0.2, -0.15) is 0 Å². The second-order valence-electron chi connectivity index (χ2n) is 6.67. The molecule has 3 rings (SSSR count). The Balaban J connectivity index is 1.50. The molecule has 0 saturated carbocycles. The number of aromatic nitrogens is 2. The molecule has 0 radical (unpaired) electrons. The molecular weight excluding hydrogens is 316 g/mol. The summed E-state index contributed by atoms with van der Waals surface area (Å²) in [6, 6.07) is 11.2. The maximum Gasteiger partial charge on any atom is 0.225 e. The summed E-state index contributed by atoms with van der Waals surface area (Å²) < 4.78 is 0. The van der Waals surface area contributed by atoms with Crippen LogP contribution in [0.2, 0.25) is 0 Å². The van der Waals surface area contributed by atoms with Gasteiger partial charge in [0.05, 0.1) is 6.54 Å². The molecular formula is C19H24N4O2. The van der Waals surface area contributed by atoms with E-state index in [0.717, 1.165) is 31.5 Å². The topological polar surface area (TPSA) is 78.4 Å². The summed E-state index contributed by atoms with van der Waals surface area (Å²) in [5.74, 6) is 0.685. The van der Waals surface area contributed by atoms with Crippen molar-refractivity contribution in [2.24, 2.45) is 5.92 Å². The largest absolute Gasteiger partial charge is 0.384 e. The number of aliphatic hydroxyl groups is 1. The lowest BCUT2D eigenvalue weighted by Gasteiger charge is -2.32. The van der Waals surface area contributed by atoms with E-state index < -0.39 is 5.60 Å². The lowest BCUT2D eigenvalue weighted by Crippen LogP contribution is -2.45.